The molecule has 0 radical (unpaired) electrons. The van der Waals surface area contributed by atoms with E-state index in [1.165, 1.54) is 0 Å². The highest BCUT2D eigenvalue weighted by atomic mass is 19.1. The fourth-order valence-electron chi connectivity index (χ4n) is 4.42. The van der Waals surface area contributed by atoms with Crippen molar-refractivity contribution in [2.45, 2.75) is 25.6 Å². The van der Waals surface area contributed by atoms with Crippen molar-refractivity contribution in [3.63, 3.8) is 0 Å². The highest BCUT2D eigenvalue weighted by molar-refractivity contribution is 5.97. The zero-order valence-electron chi connectivity index (χ0n) is 19.6. The number of nitrogens with zero attached hydrogens (tertiary/aromatic N) is 4. The minimum absolute atomic E-state index is 0.135. The van der Waals surface area contributed by atoms with Crippen LogP contribution in [0.4, 0.5) is 20.8 Å². The van der Waals surface area contributed by atoms with E-state index in [1.807, 2.05) is 43.3 Å². The molecule has 2 atom stereocenters. The van der Waals surface area contributed by atoms with Crippen LogP contribution in [-0.2, 0) is 0 Å². The topological polar surface area (TPSA) is 126 Å². The lowest BCUT2D eigenvalue weighted by molar-refractivity contribution is 0.102. The second-order valence-electron chi connectivity index (χ2n) is 8.74. The number of piperidine rings is 1. The zero-order chi connectivity index (χ0) is 25.2. The maximum absolute atomic E-state index is 14.1. The summed E-state index contributed by atoms with van der Waals surface area (Å²) in [4.78, 5) is 25.7. The molecule has 5 rings (SSSR count). The molecule has 1 amide bonds. The Morgan fingerprint density at radius 1 is 1.11 bits per heavy atom. The van der Waals surface area contributed by atoms with E-state index in [9.17, 15) is 14.3 Å². The molecule has 184 valence electrons. The number of alkyl halides is 1. The van der Waals surface area contributed by atoms with Crippen LogP contribution in [0.25, 0.3) is 22.0 Å². The van der Waals surface area contributed by atoms with Crippen molar-refractivity contribution in [2.24, 2.45) is 0 Å². The van der Waals surface area contributed by atoms with E-state index in [2.05, 4.69) is 20.3 Å². The van der Waals surface area contributed by atoms with Crippen LogP contribution in [0.1, 0.15) is 12.0 Å². The summed E-state index contributed by atoms with van der Waals surface area (Å²) in [5.41, 5.74) is 8.94. The summed E-state index contributed by atoms with van der Waals surface area (Å²) in [7, 11) is 0. The quantitative estimate of drug-likeness (QED) is 0.340. The molecule has 3 heterocycles. The number of aromatic nitrogens is 3. The zero-order valence-corrected chi connectivity index (χ0v) is 19.6. The minimum Gasteiger partial charge on any atom is -0.465 e. The van der Waals surface area contributed by atoms with E-state index in [0.29, 0.717) is 28.6 Å². The Morgan fingerprint density at radius 3 is 2.81 bits per heavy atom. The Morgan fingerprint density at radius 2 is 1.97 bits per heavy atom. The van der Waals surface area contributed by atoms with Gasteiger partial charge in [-0.05, 0) is 36.8 Å². The average molecular weight is 489 g/mol. The molecular weight excluding hydrogens is 463 g/mol. The maximum atomic E-state index is 14.1. The number of carboxylic acid groups (broad SMARTS) is 1. The first-order chi connectivity index (χ1) is 17.4. The molecule has 0 aliphatic carbocycles. The van der Waals surface area contributed by atoms with Crippen LogP contribution in [0.2, 0.25) is 0 Å². The molecule has 4 aromatic rings. The van der Waals surface area contributed by atoms with Gasteiger partial charge in [0.15, 0.2) is 0 Å². The molecule has 1 fully saturated rings. The van der Waals surface area contributed by atoms with Crippen LogP contribution in [0, 0.1) is 6.92 Å². The number of nitrogens with one attached hydrogen (secondary N) is 1. The van der Waals surface area contributed by atoms with Crippen LogP contribution in [0.15, 0.2) is 60.9 Å². The van der Waals surface area contributed by atoms with Crippen LogP contribution >= 0.6 is 0 Å². The first-order valence-corrected chi connectivity index (χ1v) is 11.5. The van der Waals surface area contributed by atoms with Crippen LogP contribution in [0.3, 0.4) is 0 Å². The normalized spacial score (nSPS) is 17.7. The number of amides is 1. The van der Waals surface area contributed by atoms with Crippen molar-refractivity contribution < 1.29 is 19.0 Å². The van der Waals surface area contributed by atoms with Gasteiger partial charge in [-0.2, -0.15) is 0 Å². The predicted octanol–water partition coefficient (Wildman–Crippen LogP) is 4.88. The van der Waals surface area contributed by atoms with Gasteiger partial charge in [-0.1, -0.05) is 24.3 Å². The molecule has 2 unspecified atom stereocenters. The van der Waals surface area contributed by atoms with E-state index in [0.717, 1.165) is 21.2 Å². The van der Waals surface area contributed by atoms with Gasteiger partial charge in [0.05, 0.1) is 17.8 Å². The molecule has 9 nitrogen and oxygen atoms in total. The lowest BCUT2D eigenvalue weighted by Crippen LogP contribution is -2.49. The van der Waals surface area contributed by atoms with Crippen molar-refractivity contribution in [3.05, 3.63) is 66.5 Å². The number of pyridine rings is 1. The van der Waals surface area contributed by atoms with Gasteiger partial charge in [0.2, 0.25) is 11.8 Å². The summed E-state index contributed by atoms with van der Waals surface area (Å²) in [5, 5.41) is 14.1. The van der Waals surface area contributed by atoms with Gasteiger partial charge in [-0.25, -0.2) is 24.1 Å². The number of hydrogen-bond donors (Lipinski definition) is 3. The second-order valence-corrected chi connectivity index (χ2v) is 8.74. The summed E-state index contributed by atoms with van der Waals surface area (Å²) >= 11 is 0. The number of aryl methyl sites for hydroxylation is 1. The van der Waals surface area contributed by atoms with Crippen LogP contribution in [0.5, 0.6) is 11.6 Å². The largest absolute Gasteiger partial charge is 0.465 e. The van der Waals surface area contributed by atoms with E-state index >= 15 is 0 Å². The first-order valence-electron chi connectivity index (χ1n) is 11.5. The number of nitrogen functional groups attached to an aromatic ring is 1. The predicted molar refractivity (Wildman–Crippen MR) is 135 cm³/mol. The Kier molecular flexibility index (Phi) is 6.24. The standard InChI is InChI=1S/C26H25FN6O3/c1-15-7-8-18-19(4-2-6-21(18)28)23(15)36-24-20(5-3-10-29-24)22-9-11-30-25(32-22)31-17-12-16(27)13-33(14-17)26(34)35/h2-11,16-17H,12-14,28H2,1H3,(H,34,35)(H,30,31,32). The van der Waals surface area contributed by atoms with Gasteiger partial charge in [-0.15, -0.1) is 0 Å². The van der Waals surface area contributed by atoms with Crippen LogP contribution < -0.4 is 15.8 Å². The highest BCUT2D eigenvalue weighted by Gasteiger charge is 2.30. The number of halogens is 1. The lowest BCUT2D eigenvalue weighted by atomic mass is 10.0. The van der Waals surface area contributed by atoms with Gasteiger partial charge in [0.25, 0.3) is 0 Å². The van der Waals surface area contributed by atoms with Gasteiger partial charge < -0.3 is 25.8 Å². The molecule has 0 spiro atoms. The number of likely N-dealkylation sites (tertiary alicyclic amines) is 1. The van der Waals surface area contributed by atoms with Gasteiger partial charge in [0, 0.05) is 47.9 Å². The third kappa shape index (κ3) is 4.70. The monoisotopic (exact) mass is 488 g/mol. The van der Waals surface area contributed by atoms with Crippen molar-refractivity contribution in [1.29, 1.82) is 0 Å². The number of anilines is 2. The first kappa shape index (κ1) is 23.3. The third-order valence-electron chi connectivity index (χ3n) is 6.15. The molecule has 36 heavy (non-hydrogen) atoms. The number of hydrogen-bond acceptors (Lipinski definition) is 7. The molecular formula is C26H25FN6O3. The van der Waals surface area contributed by atoms with E-state index in [-0.39, 0.29) is 25.5 Å². The second kappa shape index (κ2) is 9.65. The van der Waals surface area contributed by atoms with Crippen molar-refractivity contribution >= 4 is 28.5 Å². The molecule has 2 aromatic heterocycles. The van der Waals surface area contributed by atoms with Crippen LogP contribution in [-0.4, -0.2) is 56.4 Å². The molecule has 0 saturated carbocycles. The van der Waals surface area contributed by atoms with E-state index in [4.69, 9.17) is 10.5 Å². The fraction of sp³-hybridized carbons (Fsp3) is 0.231. The van der Waals surface area contributed by atoms with E-state index in [1.54, 1.807) is 24.5 Å². The number of carbonyl (C=O) groups is 1. The summed E-state index contributed by atoms with van der Waals surface area (Å²) < 4.78 is 20.4. The van der Waals surface area contributed by atoms with Crippen molar-refractivity contribution in [2.75, 3.05) is 24.1 Å². The lowest BCUT2D eigenvalue weighted by Gasteiger charge is -2.33. The number of ether oxygens (including phenoxy) is 1. The Balaban J connectivity index is 1.45. The number of fused-ring (bicyclic) bond motifs is 1. The summed E-state index contributed by atoms with van der Waals surface area (Å²) in [6.07, 6.45) is 0.976. The Bertz CT molecular complexity index is 1430. The molecule has 0 bridgehead atoms. The average Bonchev–Trinajstić information content (AvgIpc) is 2.86. The molecule has 2 aromatic carbocycles. The molecule has 1 aliphatic rings. The molecule has 10 heteroatoms. The van der Waals surface area contributed by atoms with E-state index < -0.39 is 18.3 Å². The van der Waals surface area contributed by atoms with Gasteiger partial charge in [0.1, 0.15) is 11.9 Å². The third-order valence-corrected chi connectivity index (χ3v) is 6.15. The molecule has 1 aliphatic heterocycles. The smallest absolute Gasteiger partial charge is 0.407 e. The van der Waals surface area contributed by atoms with Crippen molar-refractivity contribution in [3.8, 4) is 22.9 Å². The molecule has 4 N–H and O–H groups in total. The number of rotatable bonds is 5. The maximum Gasteiger partial charge on any atom is 0.407 e. The van der Waals surface area contributed by atoms with Gasteiger partial charge in [-0.3, -0.25) is 0 Å². The Labute approximate surface area is 206 Å². The minimum atomic E-state index is -1.26. The number of benzene rings is 2. The number of nitrogens with two attached hydrogens (primary N) is 1. The summed E-state index contributed by atoms with van der Waals surface area (Å²) in [5.74, 6) is 1.27. The van der Waals surface area contributed by atoms with Crippen molar-refractivity contribution in [1.82, 2.24) is 19.9 Å². The molecule has 1 saturated heterocycles. The van der Waals surface area contributed by atoms with Gasteiger partial charge >= 0.3 is 6.09 Å². The Hall–Kier alpha value is -4.47. The highest BCUT2D eigenvalue weighted by Crippen LogP contribution is 2.38. The summed E-state index contributed by atoms with van der Waals surface area (Å²) in [6, 6.07) is 14.5. The fourth-order valence-corrected chi connectivity index (χ4v) is 4.42. The SMILES string of the molecule is Cc1ccc2c(N)cccc2c1Oc1ncccc1-c1ccnc(NC2CC(F)CN(C(=O)O)C2)n1. The summed E-state index contributed by atoms with van der Waals surface area (Å²) in [6.45, 7) is 1.97.